The van der Waals surface area contributed by atoms with E-state index in [1.165, 1.54) is 0 Å². The van der Waals surface area contributed by atoms with Gasteiger partial charge in [0.05, 0.1) is 33.5 Å². The van der Waals surface area contributed by atoms with Crippen LogP contribution in [0.3, 0.4) is 0 Å². The zero-order valence-corrected chi connectivity index (χ0v) is 17.4. The minimum atomic E-state index is -0.534. The summed E-state index contributed by atoms with van der Waals surface area (Å²) >= 11 is 1.57. The second-order valence-corrected chi connectivity index (χ2v) is 6.87. The fraction of sp³-hybridized carbons (Fsp3) is 0.474. The first-order valence-electron chi connectivity index (χ1n) is 8.65. The van der Waals surface area contributed by atoms with E-state index in [1.807, 2.05) is 26.0 Å². The molecule has 2 rings (SSSR count). The van der Waals surface area contributed by atoms with Crippen LogP contribution in [0.2, 0.25) is 0 Å². The van der Waals surface area contributed by atoms with Crippen LogP contribution in [0.4, 0.5) is 0 Å². The minimum absolute atomic E-state index is 0.290. The van der Waals surface area contributed by atoms with Crippen LogP contribution in [0.1, 0.15) is 32.4 Å². The molecule has 1 aliphatic heterocycles. The highest BCUT2D eigenvalue weighted by molar-refractivity contribution is 8.13. The van der Waals surface area contributed by atoms with Gasteiger partial charge in [-0.05, 0) is 37.3 Å². The molecule has 0 saturated carbocycles. The minimum Gasteiger partial charge on any atom is -0.493 e. The van der Waals surface area contributed by atoms with Crippen molar-refractivity contribution in [1.82, 2.24) is 5.32 Å². The Morgan fingerprint density at radius 3 is 2.26 bits per heavy atom. The molecule has 1 atom stereocenters. The van der Waals surface area contributed by atoms with Crippen LogP contribution in [0.25, 0.3) is 0 Å². The van der Waals surface area contributed by atoms with E-state index in [0.717, 1.165) is 22.2 Å². The van der Waals surface area contributed by atoms with Gasteiger partial charge in [-0.25, -0.2) is 9.79 Å². The number of benzene rings is 1. The first-order chi connectivity index (χ1) is 13.0. The van der Waals surface area contributed by atoms with Crippen LogP contribution in [-0.2, 0) is 9.53 Å². The summed E-state index contributed by atoms with van der Waals surface area (Å²) in [5, 5.41) is 3.94. The number of nitrogens with one attached hydrogen (secondary N) is 1. The molecule has 0 amide bonds. The molecule has 0 aromatic heterocycles. The molecule has 0 radical (unpaired) electrons. The fourth-order valence-corrected chi connectivity index (χ4v) is 3.51. The highest BCUT2D eigenvalue weighted by atomic mass is 32.2. The summed E-state index contributed by atoms with van der Waals surface area (Å²) in [4.78, 5) is 17.3. The lowest BCUT2D eigenvalue weighted by Crippen LogP contribution is -2.30. The number of esters is 1. The Labute approximate surface area is 164 Å². The summed E-state index contributed by atoms with van der Waals surface area (Å²) in [5.41, 5.74) is 1.94. The molecular weight excluding hydrogens is 368 g/mol. The molecule has 1 aromatic carbocycles. The molecule has 0 spiro atoms. The maximum Gasteiger partial charge on any atom is 0.338 e. The number of thioether (sulfide) groups is 1. The number of allylic oxidation sites excluding steroid dienone is 1. The summed E-state index contributed by atoms with van der Waals surface area (Å²) in [6.07, 6.45) is 0. The standard InChI is InChI=1S/C19H26N2O5S/c1-7-26-18(22)15-11(3)20-19(27-8-2)21-16(15)12-9-13(23-4)17(25-6)14(10-12)24-5/h9-10,16H,7-8H2,1-6H3,(H,20,21)/t16-/m1/s1. The number of aliphatic imine (C=N–C) groups is 1. The van der Waals surface area contributed by atoms with E-state index in [0.29, 0.717) is 22.8 Å². The molecular formula is C19H26N2O5S. The van der Waals surface area contributed by atoms with Gasteiger partial charge in [-0.15, -0.1) is 0 Å². The quantitative estimate of drug-likeness (QED) is 0.711. The maximum absolute atomic E-state index is 12.6. The predicted molar refractivity (Wildman–Crippen MR) is 107 cm³/mol. The van der Waals surface area contributed by atoms with Gasteiger partial charge in [0.2, 0.25) is 5.75 Å². The summed E-state index contributed by atoms with van der Waals surface area (Å²) in [6.45, 7) is 5.96. The molecule has 0 unspecified atom stereocenters. The van der Waals surface area contributed by atoms with E-state index < -0.39 is 12.0 Å². The van der Waals surface area contributed by atoms with Crippen LogP contribution in [0.15, 0.2) is 28.4 Å². The number of rotatable bonds is 7. The number of ether oxygens (including phenoxy) is 4. The zero-order chi connectivity index (χ0) is 20.0. The van der Waals surface area contributed by atoms with Crippen molar-refractivity contribution in [1.29, 1.82) is 0 Å². The van der Waals surface area contributed by atoms with Crippen molar-refractivity contribution in [2.45, 2.75) is 26.8 Å². The topological polar surface area (TPSA) is 78.4 Å². The van der Waals surface area contributed by atoms with Crippen molar-refractivity contribution in [3.8, 4) is 17.2 Å². The number of nitrogens with zero attached hydrogens (tertiary/aromatic N) is 1. The Morgan fingerprint density at radius 1 is 1.15 bits per heavy atom. The van der Waals surface area contributed by atoms with Gasteiger partial charge < -0.3 is 24.3 Å². The number of hydrogen-bond donors (Lipinski definition) is 1. The van der Waals surface area contributed by atoms with Gasteiger partial charge in [0.1, 0.15) is 6.04 Å². The average Bonchev–Trinajstić information content (AvgIpc) is 2.66. The van der Waals surface area contributed by atoms with Crippen LogP contribution in [0.5, 0.6) is 17.2 Å². The smallest absolute Gasteiger partial charge is 0.338 e. The van der Waals surface area contributed by atoms with Crippen molar-refractivity contribution in [2.24, 2.45) is 4.99 Å². The number of hydrogen-bond acceptors (Lipinski definition) is 8. The zero-order valence-electron chi connectivity index (χ0n) is 16.5. The maximum atomic E-state index is 12.6. The average molecular weight is 394 g/mol. The number of methoxy groups -OCH3 is 3. The van der Waals surface area contributed by atoms with Gasteiger partial charge in [-0.1, -0.05) is 18.7 Å². The Morgan fingerprint density at radius 2 is 1.78 bits per heavy atom. The van der Waals surface area contributed by atoms with Crippen molar-refractivity contribution in [3.63, 3.8) is 0 Å². The molecule has 1 N–H and O–H groups in total. The van der Waals surface area contributed by atoms with Crippen molar-refractivity contribution in [2.75, 3.05) is 33.7 Å². The third-order valence-corrected chi connectivity index (χ3v) is 4.77. The SMILES string of the molecule is CCOC(=O)C1=C(C)NC(SCC)=N[C@@H]1c1cc(OC)c(OC)c(OC)c1. The van der Waals surface area contributed by atoms with E-state index in [1.54, 1.807) is 40.0 Å². The van der Waals surface area contributed by atoms with E-state index in [2.05, 4.69) is 5.32 Å². The molecule has 0 aliphatic carbocycles. The normalized spacial score (nSPS) is 16.4. The van der Waals surface area contributed by atoms with E-state index in [-0.39, 0.29) is 6.61 Å². The van der Waals surface area contributed by atoms with Crippen LogP contribution < -0.4 is 19.5 Å². The third-order valence-electron chi connectivity index (χ3n) is 4.00. The molecule has 0 bridgehead atoms. The fourth-order valence-electron chi connectivity index (χ4n) is 2.83. The first kappa shape index (κ1) is 21.0. The van der Waals surface area contributed by atoms with Crippen molar-refractivity contribution >= 4 is 22.9 Å². The summed E-state index contributed by atoms with van der Waals surface area (Å²) in [7, 11) is 4.66. The molecule has 0 saturated heterocycles. The lowest BCUT2D eigenvalue weighted by molar-refractivity contribution is -0.138. The number of carbonyl (C=O) groups is 1. The Hall–Kier alpha value is -2.35. The molecule has 1 heterocycles. The Balaban J connectivity index is 2.61. The lowest BCUT2D eigenvalue weighted by Gasteiger charge is -2.26. The second-order valence-electron chi connectivity index (χ2n) is 5.61. The van der Waals surface area contributed by atoms with E-state index in [4.69, 9.17) is 23.9 Å². The van der Waals surface area contributed by atoms with Gasteiger partial charge in [0, 0.05) is 5.70 Å². The van der Waals surface area contributed by atoms with E-state index in [9.17, 15) is 4.79 Å². The molecule has 148 valence electrons. The molecule has 8 heteroatoms. The molecule has 7 nitrogen and oxygen atoms in total. The molecule has 27 heavy (non-hydrogen) atoms. The Kier molecular flexibility index (Phi) is 7.41. The van der Waals surface area contributed by atoms with Gasteiger partial charge in [0.15, 0.2) is 16.7 Å². The molecule has 1 aliphatic rings. The van der Waals surface area contributed by atoms with Gasteiger partial charge in [-0.2, -0.15) is 0 Å². The molecule has 1 aromatic rings. The van der Waals surface area contributed by atoms with Crippen molar-refractivity contribution < 1.29 is 23.7 Å². The largest absolute Gasteiger partial charge is 0.493 e. The summed E-state index contributed by atoms with van der Waals surface area (Å²) < 4.78 is 21.5. The highest BCUT2D eigenvalue weighted by Gasteiger charge is 2.31. The van der Waals surface area contributed by atoms with Crippen LogP contribution >= 0.6 is 11.8 Å². The van der Waals surface area contributed by atoms with E-state index >= 15 is 0 Å². The lowest BCUT2D eigenvalue weighted by atomic mass is 9.96. The number of amidine groups is 1. The second kappa shape index (κ2) is 9.55. The van der Waals surface area contributed by atoms with Crippen LogP contribution in [-0.4, -0.2) is 44.8 Å². The van der Waals surface area contributed by atoms with Crippen LogP contribution in [0, 0.1) is 0 Å². The Bertz CT molecular complexity index is 735. The third kappa shape index (κ3) is 4.50. The predicted octanol–water partition coefficient (Wildman–Crippen LogP) is 3.30. The summed E-state index contributed by atoms with van der Waals surface area (Å²) in [6, 6.07) is 3.08. The number of carbonyl (C=O) groups excluding carboxylic acids is 1. The summed E-state index contributed by atoms with van der Waals surface area (Å²) in [5.74, 6) is 1.96. The van der Waals surface area contributed by atoms with Gasteiger partial charge in [-0.3, -0.25) is 0 Å². The molecule has 0 fully saturated rings. The van der Waals surface area contributed by atoms with Crippen molar-refractivity contribution in [3.05, 3.63) is 29.0 Å². The monoisotopic (exact) mass is 394 g/mol. The first-order valence-corrected chi connectivity index (χ1v) is 9.64. The highest BCUT2D eigenvalue weighted by Crippen LogP contribution is 2.43. The van der Waals surface area contributed by atoms with Gasteiger partial charge in [0.25, 0.3) is 0 Å². The van der Waals surface area contributed by atoms with Gasteiger partial charge >= 0.3 is 5.97 Å².